The molecule has 1 saturated carbocycles. The van der Waals surface area contributed by atoms with Crippen LogP contribution in [-0.2, 0) is 4.79 Å². The number of carbonyl (C=O) groups is 1. The van der Waals surface area contributed by atoms with Gasteiger partial charge < -0.3 is 10.1 Å². The van der Waals surface area contributed by atoms with Gasteiger partial charge in [-0.15, -0.1) is 0 Å². The molecule has 0 aliphatic heterocycles. The smallest absolute Gasteiger partial charge is 0.234 e. The van der Waals surface area contributed by atoms with E-state index in [9.17, 15) is 4.79 Å². The van der Waals surface area contributed by atoms with Gasteiger partial charge in [0.25, 0.3) is 0 Å². The molecule has 1 fully saturated rings. The first-order valence-corrected chi connectivity index (χ1v) is 7.78. The average molecular weight is 311 g/mol. The minimum absolute atomic E-state index is 0.0865. The summed E-state index contributed by atoms with van der Waals surface area (Å²) in [5, 5.41) is 3.75. The molecule has 0 aromatic heterocycles. The fourth-order valence-corrected chi connectivity index (χ4v) is 2.31. The number of nitrogens with one attached hydrogen (secondary N) is 1. The lowest BCUT2D eigenvalue weighted by molar-refractivity contribution is -0.122. The SMILES string of the molecule is C[C@@H](NC(=O)CN(C)CCOc1ccc(Cl)cc1)C1CC1. The zero-order valence-corrected chi connectivity index (χ0v) is 13.4. The summed E-state index contributed by atoms with van der Waals surface area (Å²) < 4.78 is 5.61. The van der Waals surface area contributed by atoms with Crippen molar-refractivity contribution in [3.63, 3.8) is 0 Å². The minimum Gasteiger partial charge on any atom is -0.492 e. The Morgan fingerprint density at radius 2 is 2.10 bits per heavy atom. The molecule has 4 nitrogen and oxygen atoms in total. The van der Waals surface area contributed by atoms with Crippen molar-refractivity contribution in [1.82, 2.24) is 10.2 Å². The van der Waals surface area contributed by atoms with Crippen LogP contribution in [0.3, 0.4) is 0 Å². The number of ether oxygens (including phenoxy) is 1. The van der Waals surface area contributed by atoms with E-state index in [-0.39, 0.29) is 5.91 Å². The van der Waals surface area contributed by atoms with Gasteiger partial charge in [-0.3, -0.25) is 9.69 Å². The van der Waals surface area contributed by atoms with Crippen LogP contribution in [0, 0.1) is 5.92 Å². The van der Waals surface area contributed by atoms with Crippen molar-refractivity contribution < 1.29 is 9.53 Å². The maximum atomic E-state index is 11.9. The van der Waals surface area contributed by atoms with Gasteiger partial charge in [0, 0.05) is 17.6 Å². The molecule has 0 bridgehead atoms. The Labute approximate surface area is 131 Å². The van der Waals surface area contributed by atoms with Crippen molar-refractivity contribution in [2.24, 2.45) is 5.92 Å². The highest BCUT2D eigenvalue weighted by Crippen LogP contribution is 2.32. The van der Waals surface area contributed by atoms with E-state index in [0.29, 0.717) is 36.7 Å². The first-order chi connectivity index (χ1) is 10.0. The van der Waals surface area contributed by atoms with E-state index in [1.165, 1.54) is 12.8 Å². The Balaban J connectivity index is 1.61. The summed E-state index contributed by atoms with van der Waals surface area (Å²) in [6.07, 6.45) is 2.48. The van der Waals surface area contributed by atoms with Crippen LogP contribution in [0.2, 0.25) is 5.02 Å². The van der Waals surface area contributed by atoms with Crippen molar-refractivity contribution >= 4 is 17.5 Å². The van der Waals surface area contributed by atoms with Gasteiger partial charge in [0.2, 0.25) is 5.91 Å². The van der Waals surface area contributed by atoms with Crippen LogP contribution in [0.4, 0.5) is 0 Å². The first-order valence-electron chi connectivity index (χ1n) is 7.41. The Bertz CT molecular complexity index is 460. The molecular formula is C16H23ClN2O2. The van der Waals surface area contributed by atoms with Crippen molar-refractivity contribution in [2.45, 2.75) is 25.8 Å². The van der Waals surface area contributed by atoms with E-state index in [4.69, 9.17) is 16.3 Å². The summed E-state index contributed by atoms with van der Waals surface area (Å²) in [6.45, 7) is 3.73. The van der Waals surface area contributed by atoms with Gasteiger partial charge in [0.1, 0.15) is 12.4 Å². The zero-order valence-electron chi connectivity index (χ0n) is 12.6. The van der Waals surface area contributed by atoms with E-state index >= 15 is 0 Å². The Hall–Kier alpha value is -1.26. The summed E-state index contributed by atoms with van der Waals surface area (Å²) in [5.74, 6) is 1.57. The number of nitrogens with zero attached hydrogens (tertiary/aromatic N) is 1. The molecule has 116 valence electrons. The lowest BCUT2D eigenvalue weighted by atomic mass is 10.2. The van der Waals surface area contributed by atoms with Gasteiger partial charge in [-0.2, -0.15) is 0 Å². The predicted octanol–water partition coefficient (Wildman–Crippen LogP) is 2.57. The molecule has 1 N–H and O–H groups in total. The van der Waals surface area contributed by atoms with Crippen LogP contribution in [0.5, 0.6) is 5.75 Å². The van der Waals surface area contributed by atoms with Crippen LogP contribution < -0.4 is 10.1 Å². The lowest BCUT2D eigenvalue weighted by Gasteiger charge is -2.19. The molecule has 1 aliphatic carbocycles. The molecule has 0 unspecified atom stereocenters. The van der Waals surface area contributed by atoms with Gasteiger partial charge >= 0.3 is 0 Å². The molecule has 21 heavy (non-hydrogen) atoms. The summed E-state index contributed by atoms with van der Waals surface area (Å²) in [7, 11) is 1.92. The Kier molecular flexibility index (Phi) is 5.88. The van der Waals surface area contributed by atoms with E-state index < -0.39 is 0 Å². The van der Waals surface area contributed by atoms with Gasteiger partial charge in [0.05, 0.1) is 6.54 Å². The quantitative estimate of drug-likeness (QED) is 0.802. The minimum atomic E-state index is 0.0865. The molecule has 1 aliphatic rings. The fraction of sp³-hybridized carbons (Fsp3) is 0.562. The molecule has 0 spiro atoms. The number of benzene rings is 1. The molecule has 1 aromatic carbocycles. The van der Waals surface area contributed by atoms with Gasteiger partial charge in [-0.1, -0.05) is 11.6 Å². The molecule has 5 heteroatoms. The van der Waals surface area contributed by atoms with Crippen LogP contribution >= 0.6 is 11.6 Å². The maximum Gasteiger partial charge on any atom is 0.234 e. The second-order valence-electron chi connectivity index (χ2n) is 5.73. The number of amides is 1. The van der Waals surface area contributed by atoms with Crippen LogP contribution in [0.1, 0.15) is 19.8 Å². The molecule has 2 rings (SSSR count). The van der Waals surface area contributed by atoms with E-state index in [0.717, 1.165) is 5.75 Å². The van der Waals surface area contributed by atoms with Gasteiger partial charge in [-0.05, 0) is 57.0 Å². The molecule has 1 aromatic rings. The molecular weight excluding hydrogens is 288 g/mol. The zero-order chi connectivity index (χ0) is 15.2. The van der Waals surface area contributed by atoms with Crippen molar-refractivity contribution in [3.8, 4) is 5.75 Å². The number of hydrogen-bond donors (Lipinski definition) is 1. The lowest BCUT2D eigenvalue weighted by Crippen LogP contribution is -2.41. The monoisotopic (exact) mass is 310 g/mol. The molecule has 0 saturated heterocycles. The van der Waals surface area contributed by atoms with Crippen molar-refractivity contribution in [1.29, 1.82) is 0 Å². The summed E-state index contributed by atoms with van der Waals surface area (Å²) in [5.41, 5.74) is 0. The first kappa shape index (κ1) is 16.1. The summed E-state index contributed by atoms with van der Waals surface area (Å²) >= 11 is 5.81. The normalized spacial score (nSPS) is 15.8. The Morgan fingerprint density at radius 1 is 1.43 bits per heavy atom. The largest absolute Gasteiger partial charge is 0.492 e. The number of carbonyl (C=O) groups excluding carboxylic acids is 1. The molecule has 1 amide bonds. The third-order valence-corrected chi connectivity index (χ3v) is 3.94. The predicted molar refractivity (Wildman–Crippen MR) is 84.8 cm³/mol. The highest BCUT2D eigenvalue weighted by molar-refractivity contribution is 6.30. The van der Waals surface area contributed by atoms with Crippen molar-refractivity contribution in [2.75, 3.05) is 26.7 Å². The van der Waals surface area contributed by atoms with Crippen LogP contribution in [-0.4, -0.2) is 43.6 Å². The van der Waals surface area contributed by atoms with Crippen molar-refractivity contribution in [3.05, 3.63) is 29.3 Å². The fourth-order valence-electron chi connectivity index (χ4n) is 2.19. The highest BCUT2D eigenvalue weighted by atomic mass is 35.5. The standard InChI is InChI=1S/C16H23ClN2O2/c1-12(13-3-4-13)18-16(20)11-19(2)9-10-21-15-7-5-14(17)6-8-15/h5-8,12-13H,3-4,9-11H2,1-2H3,(H,18,20)/t12-/m1/s1. The van der Waals surface area contributed by atoms with Crippen LogP contribution in [0.15, 0.2) is 24.3 Å². The average Bonchev–Trinajstić information content (AvgIpc) is 3.25. The van der Waals surface area contributed by atoms with Gasteiger partial charge in [0.15, 0.2) is 0 Å². The maximum absolute atomic E-state index is 11.9. The number of halogens is 1. The number of rotatable bonds is 8. The Morgan fingerprint density at radius 3 is 2.71 bits per heavy atom. The van der Waals surface area contributed by atoms with E-state index in [1.54, 1.807) is 12.1 Å². The molecule has 1 atom stereocenters. The second-order valence-corrected chi connectivity index (χ2v) is 6.17. The van der Waals surface area contributed by atoms with E-state index in [2.05, 4.69) is 12.2 Å². The van der Waals surface area contributed by atoms with Gasteiger partial charge in [-0.25, -0.2) is 0 Å². The third kappa shape index (κ3) is 5.94. The number of likely N-dealkylation sites (N-methyl/N-ethyl adjacent to an activating group) is 1. The topological polar surface area (TPSA) is 41.6 Å². The summed E-state index contributed by atoms with van der Waals surface area (Å²) in [4.78, 5) is 13.8. The summed E-state index contributed by atoms with van der Waals surface area (Å²) in [6, 6.07) is 7.58. The van der Waals surface area contributed by atoms with Crippen LogP contribution in [0.25, 0.3) is 0 Å². The molecule has 0 heterocycles. The number of hydrogen-bond acceptors (Lipinski definition) is 3. The second kappa shape index (κ2) is 7.66. The highest BCUT2D eigenvalue weighted by Gasteiger charge is 2.28. The van der Waals surface area contributed by atoms with E-state index in [1.807, 2.05) is 24.1 Å². The molecule has 0 radical (unpaired) electrons. The third-order valence-electron chi connectivity index (χ3n) is 3.69.